The van der Waals surface area contributed by atoms with Gasteiger partial charge in [0.15, 0.2) is 0 Å². The van der Waals surface area contributed by atoms with Gasteiger partial charge in [-0.15, -0.1) is 0 Å². The number of amides is 1. The minimum absolute atomic E-state index is 0.116. The summed E-state index contributed by atoms with van der Waals surface area (Å²) in [4.78, 5) is 25.0. The van der Waals surface area contributed by atoms with Gasteiger partial charge in [-0.1, -0.05) is 20.8 Å². The van der Waals surface area contributed by atoms with Crippen molar-refractivity contribution in [3.63, 3.8) is 0 Å². The molecule has 1 amide bonds. The number of H-pyrrole nitrogens is 1. The Hall–Kier alpha value is -1.72. The molecule has 0 aromatic carbocycles. The lowest BCUT2D eigenvalue weighted by atomic mass is 9.82. The number of hydrogen-bond donors (Lipinski definition) is 1. The largest absolute Gasteiger partial charge is 0.453 e. The Bertz CT molecular complexity index is 555. The van der Waals surface area contributed by atoms with Crippen molar-refractivity contribution in [2.45, 2.75) is 58.4 Å². The Labute approximate surface area is 130 Å². The topological polar surface area (TPSA) is 75.5 Å². The summed E-state index contributed by atoms with van der Waals surface area (Å²) in [6.07, 6.45) is 3.25. The Morgan fingerprint density at radius 3 is 2.77 bits per heavy atom. The number of aromatic amines is 1. The summed E-state index contributed by atoms with van der Waals surface area (Å²) in [5.74, 6) is 0.861. The molecule has 124 valence electrons. The maximum Gasteiger partial charge on any atom is 0.409 e. The summed E-state index contributed by atoms with van der Waals surface area (Å²) in [5, 5.41) is 2.35. The van der Waals surface area contributed by atoms with Crippen LogP contribution >= 0.6 is 0 Å². The van der Waals surface area contributed by atoms with E-state index < -0.39 is 0 Å². The highest BCUT2D eigenvalue weighted by Gasteiger charge is 2.34. The Morgan fingerprint density at radius 2 is 2.23 bits per heavy atom. The number of nitrogens with zero attached hydrogens (tertiary/aromatic N) is 1. The van der Waals surface area contributed by atoms with Crippen molar-refractivity contribution < 1.29 is 14.1 Å². The zero-order valence-corrected chi connectivity index (χ0v) is 13.8. The highest BCUT2D eigenvalue weighted by molar-refractivity contribution is 5.68. The molecule has 0 radical (unpaired) electrons. The average molecular weight is 310 g/mol. The number of likely N-dealkylation sites (tertiary alicyclic amines) is 1. The fourth-order valence-corrected chi connectivity index (χ4v) is 3.04. The summed E-state index contributed by atoms with van der Waals surface area (Å²) in [6, 6.07) is 1.63. The van der Waals surface area contributed by atoms with Gasteiger partial charge in [0, 0.05) is 24.6 Å². The van der Waals surface area contributed by atoms with Gasteiger partial charge in [0.2, 0.25) is 0 Å². The monoisotopic (exact) mass is 310 g/mol. The number of aromatic nitrogens is 1. The van der Waals surface area contributed by atoms with Crippen molar-refractivity contribution in [2.75, 3.05) is 13.7 Å². The van der Waals surface area contributed by atoms with E-state index in [1.165, 1.54) is 13.2 Å². The first-order valence-corrected chi connectivity index (χ1v) is 7.83. The summed E-state index contributed by atoms with van der Waals surface area (Å²) in [6.45, 7) is 7.21. The normalized spacial score (nSPS) is 22.6. The number of rotatable bonds is 3. The molecule has 1 aromatic heterocycles. The number of hydrogen-bond acceptors (Lipinski definition) is 4. The van der Waals surface area contributed by atoms with E-state index >= 15 is 0 Å². The highest BCUT2D eigenvalue weighted by Crippen LogP contribution is 2.35. The van der Waals surface area contributed by atoms with Crippen LogP contribution in [0.4, 0.5) is 4.79 Å². The van der Waals surface area contributed by atoms with Gasteiger partial charge in [-0.3, -0.25) is 4.79 Å². The molecule has 0 unspecified atom stereocenters. The molecule has 2 heterocycles. The molecular weight excluding hydrogens is 284 g/mol. The quantitative estimate of drug-likeness (QED) is 0.930. The SMILES string of the molecule is COC(=O)N1CC[C@H](c2cc(=O)[nH]o2)C[C@H]1CCC(C)(C)C. The number of methoxy groups -OCH3 is 1. The molecule has 2 atom stereocenters. The van der Waals surface area contributed by atoms with Crippen LogP contribution in [-0.4, -0.2) is 35.8 Å². The fraction of sp³-hybridized carbons (Fsp3) is 0.750. The van der Waals surface area contributed by atoms with Gasteiger partial charge in [0.1, 0.15) is 5.76 Å². The van der Waals surface area contributed by atoms with Crippen molar-refractivity contribution in [3.05, 3.63) is 22.2 Å². The second-order valence-corrected chi connectivity index (χ2v) is 7.25. The highest BCUT2D eigenvalue weighted by atomic mass is 16.5. The van der Waals surface area contributed by atoms with E-state index in [2.05, 4.69) is 25.9 Å². The van der Waals surface area contributed by atoms with E-state index in [1.54, 1.807) is 0 Å². The molecule has 6 heteroatoms. The lowest BCUT2D eigenvalue weighted by Crippen LogP contribution is -2.46. The second-order valence-electron chi connectivity index (χ2n) is 7.25. The van der Waals surface area contributed by atoms with E-state index in [0.29, 0.717) is 12.3 Å². The van der Waals surface area contributed by atoms with Crippen molar-refractivity contribution >= 4 is 6.09 Å². The van der Waals surface area contributed by atoms with Crippen molar-refractivity contribution in [2.24, 2.45) is 5.41 Å². The van der Waals surface area contributed by atoms with Crippen LogP contribution in [0.3, 0.4) is 0 Å². The Kier molecular flexibility index (Phi) is 4.98. The number of piperidine rings is 1. The first-order valence-electron chi connectivity index (χ1n) is 7.83. The van der Waals surface area contributed by atoms with Crippen molar-refractivity contribution in [3.8, 4) is 0 Å². The number of nitrogens with one attached hydrogen (secondary N) is 1. The maximum atomic E-state index is 12.0. The van der Waals surface area contributed by atoms with Gasteiger partial charge >= 0.3 is 6.09 Å². The zero-order valence-electron chi connectivity index (χ0n) is 13.8. The minimum Gasteiger partial charge on any atom is -0.453 e. The van der Waals surface area contributed by atoms with Gasteiger partial charge in [-0.05, 0) is 31.1 Å². The molecule has 1 N–H and O–H groups in total. The van der Waals surface area contributed by atoms with Crippen LogP contribution in [0.15, 0.2) is 15.4 Å². The van der Waals surface area contributed by atoms with E-state index in [4.69, 9.17) is 9.26 Å². The average Bonchev–Trinajstić information content (AvgIpc) is 2.90. The third-order valence-electron chi connectivity index (χ3n) is 4.30. The third-order valence-corrected chi connectivity index (χ3v) is 4.30. The Morgan fingerprint density at radius 1 is 1.50 bits per heavy atom. The molecule has 1 fully saturated rings. The lowest BCUT2D eigenvalue weighted by Gasteiger charge is -2.38. The zero-order chi connectivity index (χ0) is 16.3. The molecule has 6 nitrogen and oxygen atoms in total. The molecule has 0 spiro atoms. The molecule has 1 aliphatic rings. The smallest absolute Gasteiger partial charge is 0.409 e. The first kappa shape index (κ1) is 16.6. The summed E-state index contributed by atoms with van der Waals surface area (Å²) in [5.41, 5.74) is 0.00619. The fourth-order valence-electron chi connectivity index (χ4n) is 3.04. The number of carbonyl (C=O) groups is 1. The standard InChI is InChI=1S/C16H26N2O4/c1-16(2,3)7-5-12-9-11(13-10-14(19)17-22-13)6-8-18(12)15(20)21-4/h10-12H,5-9H2,1-4H3,(H,17,19)/t11-,12+/m0/s1. The number of carbonyl (C=O) groups excluding carboxylic acids is 1. The molecular formula is C16H26N2O4. The van der Waals surface area contributed by atoms with Crippen LogP contribution < -0.4 is 5.56 Å². The van der Waals surface area contributed by atoms with Gasteiger partial charge in [-0.25, -0.2) is 4.79 Å². The molecule has 0 bridgehead atoms. The molecule has 1 aliphatic heterocycles. The van der Waals surface area contributed by atoms with E-state index in [0.717, 1.165) is 25.7 Å². The van der Waals surface area contributed by atoms with Crippen LogP contribution in [0.5, 0.6) is 0 Å². The molecule has 0 saturated carbocycles. The van der Waals surface area contributed by atoms with Gasteiger partial charge in [-0.2, -0.15) is 5.16 Å². The van der Waals surface area contributed by atoms with E-state index in [1.807, 2.05) is 4.90 Å². The lowest BCUT2D eigenvalue weighted by molar-refractivity contribution is 0.0746. The predicted octanol–water partition coefficient (Wildman–Crippen LogP) is 3.11. The van der Waals surface area contributed by atoms with Crippen LogP contribution in [-0.2, 0) is 4.74 Å². The minimum atomic E-state index is -0.270. The summed E-state index contributed by atoms with van der Waals surface area (Å²) in [7, 11) is 1.42. The van der Waals surface area contributed by atoms with Crippen molar-refractivity contribution in [1.29, 1.82) is 0 Å². The molecule has 1 saturated heterocycles. The Balaban J connectivity index is 2.09. The van der Waals surface area contributed by atoms with Gasteiger partial charge < -0.3 is 14.2 Å². The predicted molar refractivity (Wildman–Crippen MR) is 82.9 cm³/mol. The second kappa shape index (κ2) is 6.58. The van der Waals surface area contributed by atoms with Crippen LogP contribution in [0.25, 0.3) is 0 Å². The summed E-state index contributed by atoms with van der Waals surface area (Å²) < 4.78 is 10.2. The molecule has 1 aromatic rings. The number of ether oxygens (including phenoxy) is 1. The van der Waals surface area contributed by atoms with Crippen LogP contribution in [0.1, 0.15) is 58.1 Å². The maximum absolute atomic E-state index is 12.0. The summed E-state index contributed by atoms with van der Waals surface area (Å²) >= 11 is 0. The molecule has 2 rings (SSSR count). The molecule has 0 aliphatic carbocycles. The van der Waals surface area contributed by atoms with E-state index in [9.17, 15) is 9.59 Å². The van der Waals surface area contributed by atoms with Gasteiger partial charge in [0.25, 0.3) is 5.56 Å². The first-order chi connectivity index (χ1) is 10.3. The van der Waals surface area contributed by atoms with Crippen molar-refractivity contribution in [1.82, 2.24) is 10.1 Å². The van der Waals surface area contributed by atoms with Crippen LogP contribution in [0.2, 0.25) is 0 Å². The molecule has 22 heavy (non-hydrogen) atoms. The third kappa shape index (κ3) is 4.15. The van der Waals surface area contributed by atoms with Crippen LogP contribution in [0, 0.1) is 5.41 Å². The van der Waals surface area contributed by atoms with Gasteiger partial charge in [0.05, 0.1) is 7.11 Å². The van der Waals surface area contributed by atoms with E-state index in [-0.39, 0.29) is 29.0 Å².